The highest BCUT2D eigenvalue weighted by atomic mass is 19.2. The maximum Gasteiger partial charge on any atom is 0.253 e. The number of halogens is 5. The van der Waals surface area contributed by atoms with Gasteiger partial charge in [-0.1, -0.05) is 12.1 Å². The van der Waals surface area contributed by atoms with Crippen LogP contribution in [-0.4, -0.2) is 4.98 Å². The first-order valence-corrected chi connectivity index (χ1v) is 5.62. The Balaban J connectivity index is 2.32. The van der Waals surface area contributed by atoms with Crippen LogP contribution in [0.1, 0.15) is 18.5 Å². The lowest BCUT2D eigenvalue weighted by Crippen LogP contribution is -2.13. The molecule has 7 heteroatoms. The molecule has 1 aromatic carbocycles. The molecule has 0 fully saturated rings. The second-order valence-corrected chi connectivity index (χ2v) is 4.11. The van der Waals surface area contributed by atoms with E-state index in [1.54, 1.807) is 0 Å². The molecule has 1 heterocycles. The lowest BCUT2D eigenvalue weighted by molar-refractivity contribution is 0.410. The zero-order chi connectivity index (χ0) is 14.9. The van der Waals surface area contributed by atoms with Gasteiger partial charge in [-0.3, -0.25) is 0 Å². The summed E-state index contributed by atoms with van der Waals surface area (Å²) in [5, 5.41) is 2.30. The Hall–Kier alpha value is -2.18. The molecule has 106 valence electrons. The third-order valence-corrected chi connectivity index (χ3v) is 2.73. The van der Waals surface area contributed by atoms with Crippen molar-refractivity contribution in [2.45, 2.75) is 13.0 Å². The lowest BCUT2D eigenvalue weighted by Gasteiger charge is -2.17. The molecule has 0 saturated carbocycles. The summed E-state index contributed by atoms with van der Waals surface area (Å²) in [6.07, 6.45) is 0. The summed E-state index contributed by atoms with van der Waals surface area (Å²) >= 11 is 0. The number of pyridine rings is 1. The predicted molar refractivity (Wildman–Crippen MR) is 62.5 cm³/mol. The molecule has 2 rings (SSSR count). The van der Waals surface area contributed by atoms with Crippen LogP contribution < -0.4 is 5.32 Å². The fourth-order valence-corrected chi connectivity index (χ4v) is 1.67. The minimum Gasteiger partial charge on any atom is -0.373 e. The molecule has 1 atom stereocenters. The first-order chi connectivity index (χ1) is 9.40. The Bertz CT molecular complexity index is 601. The molecule has 0 aliphatic rings. The van der Waals surface area contributed by atoms with Crippen molar-refractivity contribution in [3.63, 3.8) is 0 Å². The summed E-state index contributed by atoms with van der Waals surface area (Å²) in [4.78, 5) is 2.45. The van der Waals surface area contributed by atoms with E-state index in [9.17, 15) is 22.0 Å². The van der Waals surface area contributed by atoms with E-state index < -0.39 is 41.1 Å². The Labute approximate surface area is 111 Å². The van der Waals surface area contributed by atoms with Crippen LogP contribution in [-0.2, 0) is 0 Å². The molecule has 2 nitrogen and oxygen atoms in total. The molecule has 0 saturated heterocycles. The van der Waals surface area contributed by atoms with Gasteiger partial charge in [0.05, 0.1) is 0 Å². The quantitative estimate of drug-likeness (QED) is 0.683. The van der Waals surface area contributed by atoms with Gasteiger partial charge in [0, 0.05) is 6.04 Å². The number of nitrogens with zero attached hydrogens (tertiary/aromatic N) is 1. The smallest absolute Gasteiger partial charge is 0.253 e. The van der Waals surface area contributed by atoms with Gasteiger partial charge < -0.3 is 5.32 Å². The summed E-state index contributed by atoms with van der Waals surface area (Å²) in [6, 6.07) is 4.40. The third-order valence-electron chi connectivity index (χ3n) is 2.73. The minimum atomic E-state index is -1.74. The summed E-state index contributed by atoms with van der Waals surface area (Å²) in [5.41, 5.74) is -0.463. The molecule has 1 unspecified atom stereocenters. The molecule has 2 aromatic rings. The van der Waals surface area contributed by atoms with Crippen molar-refractivity contribution < 1.29 is 22.0 Å². The van der Waals surface area contributed by atoms with Crippen LogP contribution in [0.4, 0.5) is 27.6 Å². The van der Waals surface area contributed by atoms with E-state index in [1.165, 1.54) is 19.1 Å². The van der Waals surface area contributed by atoms with E-state index in [4.69, 9.17) is 0 Å². The van der Waals surface area contributed by atoms with Crippen LogP contribution >= 0.6 is 0 Å². The van der Waals surface area contributed by atoms with Gasteiger partial charge in [0.1, 0.15) is 11.5 Å². The van der Waals surface area contributed by atoms with Crippen LogP contribution in [0.3, 0.4) is 0 Å². The van der Waals surface area contributed by atoms with Crippen LogP contribution in [0.2, 0.25) is 0 Å². The van der Waals surface area contributed by atoms with Crippen LogP contribution in [0.15, 0.2) is 24.3 Å². The maximum absolute atomic E-state index is 13.4. The lowest BCUT2D eigenvalue weighted by atomic mass is 10.1. The highest BCUT2D eigenvalue weighted by Gasteiger charge is 2.22. The fraction of sp³-hybridized carbons (Fsp3) is 0.154. The van der Waals surface area contributed by atoms with Gasteiger partial charge in [0.15, 0.2) is 0 Å². The van der Waals surface area contributed by atoms with E-state index in [0.29, 0.717) is 5.56 Å². The largest absolute Gasteiger partial charge is 0.373 e. The maximum atomic E-state index is 13.4. The standard InChI is InChI=1S/C13H9F5N2/c1-6(7-2-4-8(14)5-3-7)19-11-9(15)12(17)20-13(18)10(11)16/h2-6H,1H3,(H,19,20). The van der Waals surface area contributed by atoms with Gasteiger partial charge in [-0.15, -0.1) is 0 Å². The molecule has 1 aromatic heterocycles. The topological polar surface area (TPSA) is 24.9 Å². The first kappa shape index (κ1) is 14.2. The van der Waals surface area contributed by atoms with Crippen molar-refractivity contribution in [2.75, 3.05) is 5.32 Å². The molecule has 0 radical (unpaired) electrons. The summed E-state index contributed by atoms with van der Waals surface area (Å²) < 4.78 is 65.5. The van der Waals surface area contributed by atoms with Gasteiger partial charge in [-0.25, -0.2) is 4.39 Å². The molecule has 0 aliphatic heterocycles. The van der Waals surface area contributed by atoms with E-state index in [2.05, 4.69) is 10.3 Å². The summed E-state index contributed by atoms with van der Waals surface area (Å²) in [7, 11) is 0. The SMILES string of the molecule is CC(Nc1c(F)c(F)nc(F)c1F)c1ccc(F)cc1. The van der Waals surface area contributed by atoms with E-state index >= 15 is 0 Å². The molecule has 0 amide bonds. The van der Waals surface area contributed by atoms with Gasteiger partial charge in [-0.2, -0.15) is 22.5 Å². The Kier molecular flexibility index (Phi) is 3.87. The van der Waals surface area contributed by atoms with Crippen molar-refractivity contribution in [3.8, 4) is 0 Å². The average molecular weight is 288 g/mol. The number of hydrogen-bond acceptors (Lipinski definition) is 2. The highest BCUT2D eigenvalue weighted by molar-refractivity contribution is 5.47. The zero-order valence-corrected chi connectivity index (χ0v) is 10.2. The van der Waals surface area contributed by atoms with Crippen molar-refractivity contribution >= 4 is 5.69 Å². The number of benzene rings is 1. The Morgan fingerprint density at radius 2 is 1.40 bits per heavy atom. The minimum absolute atomic E-state index is 0.473. The normalized spacial score (nSPS) is 12.3. The second-order valence-electron chi connectivity index (χ2n) is 4.11. The zero-order valence-electron chi connectivity index (χ0n) is 10.2. The average Bonchev–Trinajstić information content (AvgIpc) is 2.42. The number of rotatable bonds is 3. The van der Waals surface area contributed by atoms with Gasteiger partial charge in [0.25, 0.3) is 11.9 Å². The van der Waals surface area contributed by atoms with Crippen molar-refractivity contribution in [1.29, 1.82) is 0 Å². The third kappa shape index (κ3) is 2.71. The predicted octanol–water partition coefficient (Wildman–Crippen LogP) is 3.95. The molecule has 1 N–H and O–H groups in total. The molecule has 0 aliphatic carbocycles. The Morgan fingerprint density at radius 3 is 1.90 bits per heavy atom. The highest BCUT2D eigenvalue weighted by Crippen LogP contribution is 2.26. The second kappa shape index (κ2) is 5.44. The van der Waals surface area contributed by atoms with Crippen LogP contribution in [0.25, 0.3) is 0 Å². The van der Waals surface area contributed by atoms with Gasteiger partial charge in [-0.05, 0) is 24.6 Å². The van der Waals surface area contributed by atoms with E-state index in [0.717, 1.165) is 12.1 Å². The molecule has 20 heavy (non-hydrogen) atoms. The van der Waals surface area contributed by atoms with Crippen molar-refractivity contribution in [2.24, 2.45) is 0 Å². The first-order valence-electron chi connectivity index (χ1n) is 5.62. The molecule has 0 bridgehead atoms. The number of aromatic nitrogens is 1. The van der Waals surface area contributed by atoms with Crippen molar-refractivity contribution in [1.82, 2.24) is 4.98 Å². The Morgan fingerprint density at radius 1 is 0.900 bits per heavy atom. The van der Waals surface area contributed by atoms with Crippen LogP contribution in [0, 0.1) is 29.3 Å². The fourth-order valence-electron chi connectivity index (χ4n) is 1.67. The van der Waals surface area contributed by atoms with Crippen LogP contribution in [0.5, 0.6) is 0 Å². The molecular formula is C13H9F5N2. The number of hydrogen-bond donors (Lipinski definition) is 1. The van der Waals surface area contributed by atoms with Gasteiger partial charge >= 0.3 is 0 Å². The monoisotopic (exact) mass is 288 g/mol. The van der Waals surface area contributed by atoms with Gasteiger partial charge in [0.2, 0.25) is 11.6 Å². The summed E-state index contributed by atoms with van der Waals surface area (Å²) in [5.74, 6) is -7.18. The number of nitrogens with one attached hydrogen (secondary N) is 1. The summed E-state index contributed by atoms with van der Waals surface area (Å²) in [6.45, 7) is 1.50. The molecule has 0 spiro atoms. The van der Waals surface area contributed by atoms with E-state index in [1.807, 2.05) is 0 Å². The number of anilines is 1. The van der Waals surface area contributed by atoms with Crippen molar-refractivity contribution in [3.05, 3.63) is 59.2 Å². The molecular weight excluding hydrogens is 279 g/mol. The van der Waals surface area contributed by atoms with E-state index in [-0.39, 0.29) is 0 Å².